The number of aryl methyl sites for hydroxylation is 1. The predicted molar refractivity (Wildman–Crippen MR) is 125 cm³/mol. The maximum Gasteiger partial charge on any atom is 0.225 e. The van der Waals surface area contributed by atoms with E-state index in [1.807, 2.05) is 42.1 Å². The highest BCUT2D eigenvalue weighted by Gasteiger charge is 2.26. The number of hydrogen-bond acceptors (Lipinski definition) is 7. The molecule has 0 bridgehead atoms. The number of carbonyl (C=O) groups excluding carboxylic acids is 1. The van der Waals surface area contributed by atoms with Gasteiger partial charge in [0.25, 0.3) is 0 Å². The summed E-state index contributed by atoms with van der Waals surface area (Å²) in [5.41, 5.74) is 2.70. The van der Waals surface area contributed by atoms with Crippen LogP contribution in [-0.4, -0.2) is 51.6 Å². The van der Waals surface area contributed by atoms with Gasteiger partial charge in [0.05, 0.1) is 30.2 Å². The van der Waals surface area contributed by atoms with E-state index in [-0.39, 0.29) is 11.8 Å². The molecule has 0 unspecified atom stereocenters. The number of hydrogen-bond donors (Lipinski definition) is 1. The molecule has 3 aromatic rings. The predicted octanol–water partition coefficient (Wildman–Crippen LogP) is 2.12. The number of rotatable bonds is 8. The van der Waals surface area contributed by atoms with Crippen molar-refractivity contribution in [2.45, 2.75) is 19.4 Å². The standard InChI is InChI=1S/C24H28N8O/c1-30-18-26-16-22(30)17-32(21-5-3-19(15-25)4-6-21)14-11-27-23(33)20-7-12-31(13-8-20)24-28-9-2-10-29-24/h2-6,9-10,16,18,20H,7-8,11-14,17H2,1H3,(H,27,33). The van der Waals surface area contributed by atoms with Gasteiger partial charge in [-0.15, -0.1) is 0 Å². The number of piperidine rings is 1. The molecule has 1 amide bonds. The minimum Gasteiger partial charge on any atom is -0.364 e. The van der Waals surface area contributed by atoms with Gasteiger partial charge >= 0.3 is 0 Å². The average Bonchev–Trinajstić information content (AvgIpc) is 3.28. The van der Waals surface area contributed by atoms with E-state index in [2.05, 4.69) is 36.1 Å². The van der Waals surface area contributed by atoms with Gasteiger partial charge in [-0.05, 0) is 43.2 Å². The van der Waals surface area contributed by atoms with Crippen LogP contribution in [0.1, 0.15) is 24.1 Å². The quantitative estimate of drug-likeness (QED) is 0.568. The lowest BCUT2D eigenvalue weighted by atomic mass is 9.96. The molecule has 3 heterocycles. The van der Waals surface area contributed by atoms with Gasteiger partial charge in [-0.2, -0.15) is 5.26 Å². The summed E-state index contributed by atoms with van der Waals surface area (Å²) in [4.78, 5) is 29.9. The van der Waals surface area contributed by atoms with Crippen LogP contribution < -0.4 is 15.1 Å². The molecule has 1 aliphatic heterocycles. The molecule has 0 radical (unpaired) electrons. The largest absolute Gasteiger partial charge is 0.364 e. The summed E-state index contributed by atoms with van der Waals surface area (Å²) in [6, 6.07) is 11.5. The first kappa shape index (κ1) is 22.3. The Morgan fingerprint density at radius 2 is 1.94 bits per heavy atom. The number of amides is 1. The highest BCUT2D eigenvalue weighted by molar-refractivity contribution is 5.79. The number of anilines is 2. The first-order valence-electron chi connectivity index (χ1n) is 11.1. The van der Waals surface area contributed by atoms with E-state index < -0.39 is 0 Å². The fourth-order valence-corrected chi connectivity index (χ4v) is 4.03. The molecule has 33 heavy (non-hydrogen) atoms. The summed E-state index contributed by atoms with van der Waals surface area (Å²) in [7, 11) is 1.97. The smallest absolute Gasteiger partial charge is 0.225 e. The molecule has 2 aromatic heterocycles. The Morgan fingerprint density at radius 1 is 1.21 bits per heavy atom. The van der Waals surface area contributed by atoms with E-state index in [9.17, 15) is 4.79 Å². The van der Waals surface area contributed by atoms with Crippen LogP contribution in [0.4, 0.5) is 11.6 Å². The maximum absolute atomic E-state index is 12.8. The molecule has 0 atom stereocenters. The Hall–Kier alpha value is -3.93. The van der Waals surface area contributed by atoms with Gasteiger partial charge in [0.15, 0.2) is 0 Å². The number of imidazole rings is 1. The molecule has 1 N–H and O–H groups in total. The second kappa shape index (κ2) is 10.6. The van der Waals surface area contributed by atoms with Crippen molar-refractivity contribution in [1.29, 1.82) is 5.26 Å². The highest BCUT2D eigenvalue weighted by Crippen LogP contribution is 2.21. The summed E-state index contributed by atoms with van der Waals surface area (Å²) in [5.74, 6) is 0.832. The Balaban J connectivity index is 1.31. The zero-order valence-corrected chi connectivity index (χ0v) is 18.8. The van der Waals surface area contributed by atoms with E-state index in [1.165, 1.54) is 0 Å². The van der Waals surface area contributed by atoms with Gasteiger partial charge in [-0.25, -0.2) is 15.0 Å². The zero-order valence-electron chi connectivity index (χ0n) is 18.8. The second-order valence-electron chi connectivity index (χ2n) is 8.18. The number of nitriles is 1. The third kappa shape index (κ3) is 5.66. The molecule has 4 rings (SSSR count). The van der Waals surface area contributed by atoms with Crippen molar-refractivity contribution >= 4 is 17.5 Å². The molecule has 1 aromatic carbocycles. The van der Waals surface area contributed by atoms with Crippen molar-refractivity contribution in [2.24, 2.45) is 13.0 Å². The van der Waals surface area contributed by atoms with Crippen molar-refractivity contribution in [3.05, 3.63) is 66.5 Å². The fraction of sp³-hybridized carbons (Fsp3) is 0.375. The monoisotopic (exact) mass is 444 g/mol. The number of aromatic nitrogens is 4. The Bertz CT molecular complexity index is 1080. The number of carbonyl (C=O) groups is 1. The molecular formula is C24H28N8O. The molecule has 170 valence electrons. The van der Waals surface area contributed by atoms with E-state index in [4.69, 9.17) is 5.26 Å². The van der Waals surface area contributed by atoms with Crippen LogP contribution in [0.15, 0.2) is 55.2 Å². The molecule has 1 fully saturated rings. The SMILES string of the molecule is Cn1cncc1CN(CCNC(=O)C1CCN(c2ncccn2)CC1)c1ccc(C#N)cc1. The second-order valence-corrected chi connectivity index (χ2v) is 8.18. The van der Waals surface area contributed by atoms with Gasteiger partial charge in [0.2, 0.25) is 11.9 Å². The minimum atomic E-state index is 0.00500. The average molecular weight is 445 g/mol. The normalized spacial score (nSPS) is 14.0. The van der Waals surface area contributed by atoms with Crippen molar-refractivity contribution in [3.63, 3.8) is 0 Å². The first-order valence-corrected chi connectivity index (χ1v) is 11.1. The molecule has 0 spiro atoms. The number of nitrogens with one attached hydrogen (secondary N) is 1. The summed E-state index contributed by atoms with van der Waals surface area (Å²) in [5, 5.41) is 12.2. The molecule has 1 aliphatic rings. The molecule has 9 heteroatoms. The summed E-state index contributed by atoms with van der Waals surface area (Å²) >= 11 is 0. The number of benzene rings is 1. The van der Waals surface area contributed by atoms with Gasteiger partial charge in [0, 0.05) is 63.4 Å². The zero-order chi connectivity index (χ0) is 23.0. The molecule has 1 saturated heterocycles. The van der Waals surface area contributed by atoms with Gasteiger partial charge in [-0.3, -0.25) is 4.79 Å². The lowest BCUT2D eigenvalue weighted by Crippen LogP contribution is -2.43. The van der Waals surface area contributed by atoms with Crippen molar-refractivity contribution in [2.75, 3.05) is 36.0 Å². The van der Waals surface area contributed by atoms with Crippen LogP contribution in [0, 0.1) is 17.2 Å². The van der Waals surface area contributed by atoms with Crippen LogP contribution in [0.25, 0.3) is 0 Å². The first-order chi connectivity index (χ1) is 16.1. The summed E-state index contributed by atoms with van der Waals surface area (Å²) < 4.78 is 1.99. The Kier molecular flexibility index (Phi) is 7.15. The Morgan fingerprint density at radius 3 is 2.58 bits per heavy atom. The van der Waals surface area contributed by atoms with Crippen molar-refractivity contribution < 1.29 is 4.79 Å². The summed E-state index contributed by atoms with van der Waals surface area (Å²) in [6.07, 6.45) is 8.69. The third-order valence-corrected chi connectivity index (χ3v) is 6.01. The highest BCUT2D eigenvalue weighted by atomic mass is 16.1. The van der Waals surface area contributed by atoms with E-state index >= 15 is 0 Å². The van der Waals surface area contributed by atoms with Crippen LogP contribution in [-0.2, 0) is 18.4 Å². The van der Waals surface area contributed by atoms with E-state index in [1.54, 1.807) is 24.8 Å². The summed E-state index contributed by atoms with van der Waals surface area (Å²) in [6.45, 7) is 3.41. The fourth-order valence-electron chi connectivity index (χ4n) is 4.03. The molecule has 0 saturated carbocycles. The van der Waals surface area contributed by atoms with E-state index in [0.29, 0.717) is 25.2 Å². The van der Waals surface area contributed by atoms with Crippen LogP contribution >= 0.6 is 0 Å². The topological polar surface area (TPSA) is 103 Å². The Labute approximate surface area is 193 Å². The van der Waals surface area contributed by atoms with Gasteiger partial charge in [-0.1, -0.05) is 0 Å². The minimum absolute atomic E-state index is 0.00500. The third-order valence-electron chi connectivity index (χ3n) is 6.01. The van der Waals surface area contributed by atoms with Crippen molar-refractivity contribution in [3.8, 4) is 6.07 Å². The van der Waals surface area contributed by atoms with Crippen LogP contribution in [0.2, 0.25) is 0 Å². The lowest BCUT2D eigenvalue weighted by Gasteiger charge is -2.31. The van der Waals surface area contributed by atoms with E-state index in [0.717, 1.165) is 43.3 Å². The van der Waals surface area contributed by atoms with Gasteiger partial charge < -0.3 is 19.7 Å². The van der Waals surface area contributed by atoms with Gasteiger partial charge in [0.1, 0.15) is 0 Å². The molecule has 9 nitrogen and oxygen atoms in total. The molecule has 0 aliphatic carbocycles. The van der Waals surface area contributed by atoms with Crippen molar-refractivity contribution in [1.82, 2.24) is 24.8 Å². The van der Waals surface area contributed by atoms with Crippen LogP contribution in [0.3, 0.4) is 0 Å². The lowest BCUT2D eigenvalue weighted by molar-refractivity contribution is -0.125. The molecular weight excluding hydrogens is 416 g/mol. The maximum atomic E-state index is 12.8. The number of nitrogens with zero attached hydrogens (tertiary/aromatic N) is 7. The van der Waals surface area contributed by atoms with Crippen LogP contribution in [0.5, 0.6) is 0 Å².